The minimum atomic E-state index is -0.544. The molecule has 0 bridgehead atoms. The van der Waals surface area contributed by atoms with Crippen molar-refractivity contribution in [1.29, 1.82) is 0 Å². The quantitative estimate of drug-likeness (QED) is 0.651. The highest BCUT2D eigenvalue weighted by Gasteiger charge is 2.29. The Morgan fingerprint density at radius 3 is 2.36 bits per heavy atom. The van der Waals surface area contributed by atoms with Gasteiger partial charge < -0.3 is 19.9 Å². The third-order valence-electron chi connectivity index (χ3n) is 5.52. The third kappa shape index (κ3) is 6.04. The number of nitrogens with zero attached hydrogens (tertiary/aromatic N) is 6. The van der Waals surface area contributed by atoms with Gasteiger partial charge in [-0.15, -0.1) is 0 Å². The highest BCUT2D eigenvalue weighted by molar-refractivity contribution is 6.31. The summed E-state index contributed by atoms with van der Waals surface area (Å²) in [6.07, 6.45) is 3.22. The molecule has 1 fully saturated rings. The van der Waals surface area contributed by atoms with Crippen LogP contribution in [0.5, 0.6) is 0 Å². The largest absolute Gasteiger partial charge is 0.450 e. The lowest BCUT2D eigenvalue weighted by atomic mass is 10.2. The van der Waals surface area contributed by atoms with Crippen molar-refractivity contribution in [2.45, 2.75) is 46.7 Å². The van der Waals surface area contributed by atoms with E-state index in [2.05, 4.69) is 15.5 Å². The lowest BCUT2D eigenvalue weighted by Crippen LogP contribution is -2.52. The topological polar surface area (TPSA) is 115 Å². The minimum absolute atomic E-state index is 0.0928. The molecule has 3 rings (SSSR count). The van der Waals surface area contributed by atoms with E-state index in [1.54, 1.807) is 59.3 Å². The molecular weight excluding hydrogens is 450 g/mol. The molecular formula is C21H30ClN7O4. The lowest BCUT2D eigenvalue weighted by molar-refractivity contribution is -0.136. The number of hydrogen-bond acceptors (Lipinski definition) is 6. The highest BCUT2D eigenvalue weighted by Crippen LogP contribution is 2.19. The lowest BCUT2D eigenvalue weighted by Gasteiger charge is -2.35. The molecule has 2 aromatic rings. The van der Waals surface area contributed by atoms with Crippen LogP contribution in [0.1, 0.15) is 37.7 Å². The van der Waals surface area contributed by atoms with E-state index in [4.69, 9.17) is 16.3 Å². The molecule has 12 heteroatoms. The zero-order chi connectivity index (χ0) is 24.1. The number of piperazine rings is 1. The molecule has 1 N–H and O–H groups in total. The van der Waals surface area contributed by atoms with Crippen LogP contribution in [0.4, 0.5) is 10.5 Å². The van der Waals surface area contributed by atoms with E-state index in [0.29, 0.717) is 55.7 Å². The number of aryl methyl sites for hydroxylation is 3. The average Bonchev–Trinajstić information content (AvgIpc) is 3.32. The minimum Gasteiger partial charge on any atom is -0.450 e. The summed E-state index contributed by atoms with van der Waals surface area (Å²) in [6, 6.07) is -0.544. The van der Waals surface area contributed by atoms with Crippen molar-refractivity contribution in [3.8, 4) is 0 Å². The van der Waals surface area contributed by atoms with Gasteiger partial charge >= 0.3 is 6.09 Å². The normalized spacial score (nSPS) is 14.8. The molecule has 11 nitrogen and oxygen atoms in total. The first-order valence-electron chi connectivity index (χ1n) is 10.9. The van der Waals surface area contributed by atoms with E-state index in [-0.39, 0.29) is 24.3 Å². The maximum absolute atomic E-state index is 13.0. The third-order valence-corrected chi connectivity index (χ3v) is 5.89. The van der Waals surface area contributed by atoms with Gasteiger partial charge in [-0.1, -0.05) is 11.6 Å². The van der Waals surface area contributed by atoms with Crippen molar-refractivity contribution in [3.05, 3.63) is 28.8 Å². The maximum Gasteiger partial charge on any atom is 0.409 e. The van der Waals surface area contributed by atoms with Gasteiger partial charge in [-0.3, -0.25) is 19.0 Å². The molecule has 2 aromatic heterocycles. The molecule has 0 spiro atoms. The molecule has 33 heavy (non-hydrogen) atoms. The second-order valence-corrected chi connectivity index (χ2v) is 8.33. The Bertz CT molecular complexity index is 991. The van der Waals surface area contributed by atoms with Crippen LogP contribution in [0, 0.1) is 13.8 Å². The number of carbonyl (C=O) groups is 3. The Labute approximate surface area is 197 Å². The van der Waals surface area contributed by atoms with Crippen LogP contribution in [0.25, 0.3) is 0 Å². The van der Waals surface area contributed by atoms with Crippen molar-refractivity contribution < 1.29 is 19.1 Å². The predicted octanol–water partition coefficient (Wildman–Crippen LogP) is 2.24. The van der Waals surface area contributed by atoms with Gasteiger partial charge in [-0.2, -0.15) is 10.2 Å². The molecule has 1 aliphatic heterocycles. The summed E-state index contributed by atoms with van der Waals surface area (Å²) >= 11 is 5.99. The van der Waals surface area contributed by atoms with Crippen LogP contribution >= 0.6 is 11.6 Å². The molecule has 180 valence electrons. The van der Waals surface area contributed by atoms with Crippen molar-refractivity contribution in [3.63, 3.8) is 0 Å². The standard InChI is InChI=1S/C21H30ClN7O4/c1-5-33-21(32)27-10-8-26(9-11-27)20(31)16(4)29-13-18(15(3)25-29)23-19(30)6-7-28-12-17(22)14(2)24-28/h12-13,16H,5-11H2,1-4H3,(H,23,30). The molecule has 1 atom stereocenters. The van der Waals surface area contributed by atoms with Gasteiger partial charge in [0.05, 0.1) is 28.7 Å². The van der Waals surface area contributed by atoms with Crippen LogP contribution in [0.2, 0.25) is 5.02 Å². The Morgan fingerprint density at radius 1 is 1.09 bits per heavy atom. The van der Waals surface area contributed by atoms with Crippen LogP contribution in [-0.2, 0) is 20.9 Å². The van der Waals surface area contributed by atoms with Gasteiger partial charge in [-0.25, -0.2) is 4.79 Å². The van der Waals surface area contributed by atoms with Crippen molar-refractivity contribution >= 4 is 35.2 Å². The Hall–Kier alpha value is -3.08. The molecule has 1 aliphatic rings. The number of ether oxygens (including phenoxy) is 1. The van der Waals surface area contributed by atoms with E-state index >= 15 is 0 Å². The summed E-state index contributed by atoms with van der Waals surface area (Å²) in [4.78, 5) is 40.5. The summed E-state index contributed by atoms with van der Waals surface area (Å²) < 4.78 is 8.21. The molecule has 0 saturated carbocycles. The van der Waals surface area contributed by atoms with Gasteiger partial charge in [0.1, 0.15) is 6.04 Å². The molecule has 1 saturated heterocycles. The van der Waals surface area contributed by atoms with E-state index in [0.717, 1.165) is 5.69 Å². The molecule has 0 radical (unpaired) electrons. The highest BCUT2D eigenvalue weighted by atomic mass is 35.5. The van der Waals surface area contributed by atoms with Gasteiger partial charge in [-0.05, 0) is 27.7 Å². The summed E-state index contributed by atoms with van der Waals surface area (Å²) in [5.74, 6) is -0.277. The van der Waals surface area contributed by atoms with Crippen LogP contribution in [0.3, 0.4) is 0 Å². The van der Waals surface area contributed by atoms with Gasteiger partial charge in [0.25, 0.3) is 0 Å². The number of aromatic nitrogens is 4. The van der Waals surface area contributed by atoms with E-state index in [1.165, 1.54) is 0 Å². The maximum atomic E-state index is 13.0. The second kappa shape index (κ2) is 10.7. The fourth-order valence-electron chi connectivity index (χ4n) is 3.54. The Balaban J connectivity index is 1.53. The number of halogens is 1. The van der Waals surface area contributed by atoms with Crippen molar-refractivity contribution in [2.75, 3.05) is 38.1 Å². The van der Waals surface area contributed by atoms with Gasteiger partial charge in [0.2, 0.25) is 11.8 Å². The number of anilines is 1. The molecule has 3 amide bonds. The first kappa shape index (κ1) is 24.6. The summed E-state index contributed by atoms with van der Waals surface area (Å²) in [5, 5.41) is 12.1. The van der Waals surface area contributed by atoms with Crippen LogP contribution < -0.4 is 5.32 Å². The fraction of sp³-hybridized carbons (Fsp3) is 0.571. The SMILES string of the molecule is CCOC(=O)N1CCN(C(=O)C(C)n2cc(NC(=O)CCn3cc(Cl)c(C)n3)c(C)n2)CC1. The number of rotatable bonds is 7. The van der Waals surface area contributed by atoms with Crippen LogP contribution in [-0.4, -0.2) is 80.1 Å². The predicted molar refractivity (Wildman–Crippen MR) is 122 cm³/mol. The number of carbonyl (C=O) groups excluding carboxylic acids is 3. The van der Waals surface area contributed by atoms with Crippen molar-refractivity contribution in [2.24, 2.45) is 0 Å². The van der Waals surface area contributed by atoms with Crippen molar-refractivity contribution in [1.82, 2.24) is 29.4 Å². The van der Waals surface area contributed by atoms with E-state index < -0.39 is 6.04 Å². The first-order chi connectivity index (χ1) is 15.7. The number of amides is 3. The summed E-state index contributed by atoms with van der Waals surface area (Å²) in [7, 11) is 0. The molecule has 3 heterocycles. The Kier molecular flexibility index (Phi) is 7.96. The molecule has 1 unspecified atom stereocenters. The first-order valence-corrected chi connectivity index (χ1v) is 11.3. The van der Waals surface area contributed by atoms with E-state index in [9.17, 15) is 14.4 Å². The zero-order valence-electron chi connectivity index (χ0n) is 19.4. The number of nitrogens with one attached hydrogen (secondary N) is 1. The Morgan fingerprint density at radius 2 is 1.76 bits per heavy atom. The monoisotopic (exact) mass is 479 g/mol. The molecule has 0 aromatic carbocycles. The average molecular weight is 480 g/mol. The van der Waals surface area contributed by atoms with Crippen LogP contribution in [0.15, 0.2) is 12.4 Å². The zero-order valence-corrected chi connectivity index (χ0v) is 20.1. The fourth-order valence-corrected chi connectivity index (χ4v) is 3.69. The van der Waals surface area contributed by atoms with Gasteiger partial charge in [0, 0.05) is 51.5 Å². The molecule has 0 aliphatic carbocycles. The summed E-state index contributed by atoms with van der Waals surface area (Å²) in [6.45, 7) is 9.56. The number of hydrogen-bond donors (Lipinski definition) is 1. The smallest absolute Gasteiger partial charge is 0.409 e. The second-order valence-electron chi connectivity index (χ2n) is 7.92. The van der Waals surface area contributed by atoms with E-state index in [1.807, 2.05) is 0 Å². The van der Waals surface area contributed by atoms with Gasteiger partial charge in [0.15, 0.2) is 0 Å². The summed E-state index contributed by atoms with van der Waals surface area (Å²) in [5.41, 5.74) is 1.89.